The van der Waals surface area contributed by atoms with E-state index in [9.17, 15) is 13.2 Å². The van der Waals surface area contributed by atoms with Gasteiger partial charge in [-0.25, -0.2) is 9.97 Å². The van der Waals surface area contributed by atoms with Crippen molar-refractivity contribution in [3.63, 3.8) is 0 Å². The quantitative estimate of drug-likeness (QED) is 0.790. The Morgan fingerprint density at radius 3 is 2.54 bits per heavy atom. The van der Waals surface area contributed by atoms with Gasteiger partial charge in [-0.05, 0) is 18.2 Å². The zero-order chi connectivity index (χ0) is 18.4. The highest BCUT2D eigenvalue weighted by Crippen LogP contribution is 2.31. The molecule has 1 N–H and O–H groups in total. The van der Waals surface area contributed by atoms with Crippen LogP contribution < -0.4 is 19.7 Å². The van der Waals surface area contributed by atoms with Crippen LogP contribution in [0.2, 0.25) is 0 Å². The van der Waals surface area contributed by atoms with Gasteiger partial charge in [0, 0.05) is 38.6 Å². The van der Waals surface area contributed by atoms with Gasteiger partial charge in [0.25, 0.3) is 5.88 Å². The van der Waals surface area contributed by atoms with Gasteiger partial charge < -0.3 is 19.7 Å². The van der Waals surface area contributed by atoms with Gasteiger partial charge in [0.1, 0.15) is 19.0 Å². The Balaban J connectivity index is 1.54. The van der Waals surface area contributed by atoms with Gasteiger partial charge in [-0.15, -0.1) is 0 Å². The van der Waals surface area contributed by atoms with E-state index in [0.717, 1.165) is 38.3 Å². The predicted molar refractivity (Wildman–Crippen MR) is 89.5 cm³/mol. The molecule has 0 amide bonds. The van der Waals surface area contributed by atoms with Gasteiger partial charge >= 0.3 is 6.18 Å². The second-order valence-electron chi connectivity index (χ2n) is 5.64. The maximum absolute atomic E-state index is 12.7. The normalized spacial score (nSPS) is 15.0. The van der Waals surface area contributed by atoms with Crippen LogP contribution in [-0.2, 0) is 6.18 Å². The van der Waals surface area contributed by atoms with E-state index in [-0.39, 0.29) is 19.0 Å². The van der Waals surface area contributed by atoms with Crippen molar-refractivity contribution in [1.82, 2.24) is 15.3 Å². The summed E-state index contributed by atoms with van der Waals surface area (Å²) in [4.78, 5) is 10.6. The van der Waals surface area contributed by atoms with Crippen LogP contribution in [0, 0.1) is 0 Å². The highest BCUT2D eigenvalue weighted by atomic mass is 19.4. The average Bonchev–Trinajstić information content (AvgIpc) is 2.66. The van der Waals surface area contributed by atoms with Gasteiger partial charge in [-0.2, -0.15) is 13.2 Å². The van der Waals surface area contributed by atoms with Crippen LogP contribution in [0.5, 0.6) is 11.6 Å². The van der Waals surface area contributed by atoms with E-state index in [1.807, 2.05) is 0 Å². The van der Waals surface area contributed by atoms with Crippen molar-refractivity contribution in [2.75, 3.05) is 44.3 Å². The number of rotatable bonds is 6. The predicted octanol–water partition coefficient (Wildman–Crippen LogP) is 2.36. The number of alkyl halides is 3. The lowest BCUT2D eigenvalue weighted by atomic mass is 10.2. The maximum Gasteiger partial charge on any atom is 0.416 e. The molecule has 140 valence electrons. The molecule has 0 spiro atoms. The first-order chi connectivity index (χ1) is 12.5. The Labute approximate surface area is 149 Å². The molecule has 1 aromatic carbocycles. The molecular weight excluding hydrogens is 349 g/mol. The molecule has 0 bridgehead atoms. The summed E-state index contributed by atoms with van der Waals surface area (Å²) in [5.41, 5.74) is -0.745. The van der Waals surface area contributed by atoms with Crippen LogP contribution in [0.1, 0.15) is 5.56 Å². The fraction of sp³-hybridized carbons (Fsp3) is 0.412. The molecule has 0 saturated carbocycles. The first-order valence-electron chi connectivity index (χ1n) is 8.23. The Bertz CT molecular complexity index is 721. The minimum absolute atomic E-state index is 0.0961. The van der Waals surface area contributed by atoms with Crippen molar-refractivity contribution < 1.29 is 22.6 Å². The van der Waals surface area contributed by atoms with E-state index in [2.05, 4.69) is 20.2 Å². The fourth-order valence-corrected chi connectivity index (χ4v) is 2.57. The summed E-state index contributed by atoms with van der Waals surface area (Å²) in [6, 6.07) is 4.76. The highest BCUT2D eigenvalue weighted by Gasteiger charge is 2.30. The molecule has 1 fully saturated rings. The van der Waals surface area contributed by atoms with E-state index < -0.39 is 11.7 Å². The molecule has 2 heterocycles. The summed E-state index contributed by atoms with van der Waals surface area (Å²) in [6.07, 6.45) is -1.26. The van der Waals surface area contributed by atoms with Crippen LogP contribution in [0.4, 0.5) is 19.0 Å². The van der Waals surface area contributed by atoms with Gasteiger partial charge in [0.15, 0.2) is 5.82 Å². The number of aromatic nitrogens is 2. The van der Waals surface area contributed by atoms with Crippen molar-refractivity contribution in [3.8, 4) is 11.6 Å². The molecular formula is C17H19F3N4O2. The second-order valence-corrected chi connectivity index (χ2v) is 5.64. The number of piperazine rings is 1. The molecule has 0 unspecified atom stereocenters. The standard InChI is InChI=1S/C17H19F3N4O2/c18-17(19,20)13-2-1-3-14(12-13)25-10-11-26-16-15(22-4-5-23-16)24-8-6-21-7-9-24/h1-5,12,21H,6-11H2. The number of nitrogens with one attached hydrogen (secondary N) is 1. The third-order valence-corrected chi connectivity index (χ3v) is 3.82. The summed E-state index contributed by atoms with van der Waals surface area (Å²) < 4.78 is 49.1. The Kier molecular flexibility index (Phi) is 5.77. The smallest absolute Gasteiger partial charge is 0.416 e. The zero-order valence-corrected chi connectivity index (χ0v) is 14.0. The Morgan fingerprint density at radius 2 is 1.77 bits per heavy atom. The first kappa shape index (κ1) is 18.2. The molecule has 2 aromatic rings. The third-order valence-electron chi connectivity index (χ3n) is 3.82. The lowest BCUT2D eigenvalue weighted by Gasteiger charge is -2.28. The number of anilines is 1. The molecule has 1 aromatic heterocycles. The monoisotopic (exact) mass is 368 g/mol. The summed E-state index contributed by atoms with van der Waals surface area (Å²) in [6.45, 7) is 3.56. The summed E-state index contributed by atoms with van der Waals surface area (Å²) in [7, 11) is 0. The zero-order valence-electron chi connectivity index (χ0n) is 14.0. The SMILES string of the molecule is FC(F)(F)c1cccc(OCCOc2nccnc2N2CCNCC2)c1. The van der Waals surface area contributed by atoms with E-state index in [0.29, 0.717) is 11.7 Å². The molecule has 1 saturated heterocycles. The van der Waals surface area contributed by atoms with E-state index in [4.69, 9.17) is 9.47 Å². The molecule has 3 rings (SSSR count). The minimum atomic E-state index is -4.40. The van der Waals surface area contributed by atoms with Crippen LogP contribution in [-0.4, -0.2) is 49.4 Å². The molecule has 0 radical (unpaired) electrons. The molecule has 26 heavy (non-hydrogen) atoms. The maximum atomic E-state index is 12.7. The molecule has 1 aliphatic heterocycles. The molecule has 6 nitrogen and oxygen atoms in total. The van der Waals surface area contributed by atoms with Crippen molar-refractivity contribution in [2.24, 2.45) is 0 Å². The Hall–Kier alpha value is -2.55. The fourth-order valence-electron chi connectivity index (χ4n) is 2.57. The number of ether oxygens (including phenoxy) is 2. The number of hydrogen-bond acceptors (Lipinski definition) is 6. The first-order valence-corrected chi connectivity index (χ1v) is 8.23. The van der Waals surface area contributed by atoms with Gasteiger partial charge in [-0.1, -0.05) is 6.07 Å². The van der Waals surface area contributed by atoms with Gasteiger partial charge in [0.2, 0.25) is 0 Å². The van der Waals surface area contributed by atoms with Crippen molar-refractivity contribution in [2.45, 2.75) is 6.18 Å². The van der Waals surface area contributed by atoms with Crippen molar-refractivity contribution >= 4 is 5.82 Å². The number of benzene rings is 1. The second kappa shape index (κ2) is 8.22. The number of halogens is 3. The summed E-state index contributed by atoms with van der Waals surface area (Å²) in [5, 5.41) is 3.26. The van der Waals surface area contributed by atoms with E-state index in [1.54, 1.807) is 6.20 Å². The lowest BCUT2D eigenvalue weighted by Crippen LogP contribution is -2.44. The van der Waals surface area contributed by atoms with Gasteiger partial charge in [-0.3, -0.25) is 0 Å². The van der Waals surface area contributed by atoms with Crippen LogP contribution in [0.3, 0.4) is 0 Å². The number of nitrogens with zero attached hydrogens (tertiary/aromatic N) is 3. The van der Waals surface area contributed by atoms with Crippen LogP contribution in [0.25, 0.3) is 0 Å². The topological polar surface area (TPSA) is 59.5 Å². The molecule has 1 aliphatic rings. The molecule has 0 aliphatic carbocycles. The van der Waals surface area contributed by atoms with Crippen molar-refractivity contribution in [1.29, 1.82) is 0 Å². The average molecular weight is 368 g/mol. The Morgan fingerprint density at radius 1 is 1.04 bits per heavy atom. The minimum Gasteiger partial charge on any atom is -0.490 e. The lowest BCUT2D eigenvalue weighted by molar-refractivity contribution is -0.137. The summed E-state index contributed by atoms with van der Waals surface area (Å²) in [5.74, 6) is 1.19. The molecule has 0 atom stereocenters. The molecule has 9 heteroatoms. The highest BCUT2D eigenvalue weighted by molar-refractivity contribution is 5.48. The van der Waals surface area contributed by atoms with Crippen molar-refractivity contribution in [3.05, 3.63) is 42.2 Å². The van der Waals surface area contributed by atoms with E-state index in [1.165, 1.54) is 18.3 Å². The van der Waals surface area contributed by atoms with Gasteiger partial charge in [0.05, 0.1) is 5.56 Å². The largest absolute Gasteiger partial charge is 0.490 e. The van der Waals surface area contributed by atoms with Crippen LogP contribution >= 0.6 is 0 Å². The van der Waals surface area contributed by atoms with Crippen LogP contribution in [0.15, 0.2) is 36.7 Å². The number of hydrogen-bond donors (Lipinski definition) is 1. The van der Waals surface area contributed by atoms with E-state index >= 15 is 0 Å². The summed E-state index contributed by atoms with van der Waals surface area (Å²) >= 11 is 0. The third kappa shape index (κ3) is 4.75.